The fraction of sp³-hybridized carbons (Fsp3) is 0.727. The highest BCUT2D eigenvalue weighted by Gasteiger charge is 1.99. The first-order chi connectivity index (χ1) is 7.36. The summed E-state index contributed by atoms with van der Waals surface area (Å²) >= 11 is 0. The van der Waals surface area contributed by atoms with E-state index in [9.17, 15) is 0 Å². The molecule has 0 aliphatic heterocycles. The van der Waals surface area contributed by atoms with Crippen LogP contribution in [0.1, 0.15) is 31.2 Å². The summed E-state index contributed by atoms with van der Waals surface area (Å²) in [4.78, 5) is 0. The van der Waals surface area contributed by atoms with E-state index in [1.807, 2.05) is 7.05 Å². The molecule has 0 amide bonds. The number of aromatic nitrogens is 2. The number of rotatable bonds is 8. The summed E-state index contributed by atoms with van der Waals surface area (Å²) < 4.78 is 0. The molecule has 0 saturated carbocycles. The second-order valence-corrected chi connectivity index (χ2v) is 3.77. The number of hydrogen-bond donors (Lipinski definition) is 3. The molecule has 15 heavy (non-hydrogen) atoms. The third-order valence-electron chi connectivity index (χ3n) is 2.29. The molecular weight excluding hydrogens is 188 g/mol. The Hall–Kier alpha value is -0.870. The Morgan fingerprint density at radius 1 is 1.40 bits per heavy atom. The molecule has 0 aliphatic rings. The number of aryl methyl sites for hydroxylation is 1. The van der Waals surface area contributed by atoms with Gasteiger partial charge in [0.25, 0.3) is 0 Å². The Labute approximate surface area is 91.8 Å². The van der Waals surface area contributed by atoms with Crippen LogP contribution in [0.25, 0.3) is 0 Å². The van der Waals surface area contributed by atoms with E-state index in [0.717, 1.165) is 38.9 Å². The number of aromatic amines is 1. The Kier molecular flexibility index (Phi) is 6.04. The highest BCUT2D eigenvalue weighted by Crippen LogP contribution is 2.01. The molecule has 3 N–H and O–H groups in total. The van der Waals surface area contributed by atoms with Crippen molar-refractivity contribution in [3.63, 3.8) is 0 Å². The maximum Gasteiger partial charge on any atom is 0.0625 e. The van der Waals surface area contributed by atoms with Crippen LogP contribution in [0.5, 0.6) is 0 Å². The lowest BCUT2D eigenvalue weighted by Gasteiger charge is -2.01. The van der Waals surface area contributed by atoms with Gasteiger partial charge >= 0.3 is 0 Å². The molecule has 1 aromatic heterocycles. The third-order valence-corrected chi connectivity index (χ3v) is 2.29. The monoisotopic (exact) mass is 210 g/mol. The topological polar surface area (TPSA) is 52.7 Å². The quantitative estimate of drug-likeness (QED) is 0.562. The van der Waals surface area contributed by atoms with Crippen molar-refractivity contribution in [2.24, 2.45) is 0 Å². The van der Waals surface area contributed by atoms with Gasteiger partial charge in [0.1, 0.15) is 0 Å². The van der Waals surface area contributed by atoms with Gasteiger partial charge in [-0.1, -0.05) is 13.3 Å². The Morgan fingerprint density at radius 2 is 2.27 bits per heavy atom. The molecule has 1 rings (SSSR count). The molecule has 1 aromatic rings. The lowest BCUT2D eigenvalue weighted by atomic mass is 10.2. The molecule has 4 nitrogen and oxygen atoms in total. The number of nitrogens with zero attached hydrogens (tertiary/aromatic N) is 1. The lowest BCUT2D eigenvalue weighted by molar-refractivity contribution is 0.618. The van der Waals surface area contributed by atoms with Crippen LogP contribution in [-0.2, 0) is 13.0 Å². The minimum atomic E-state index is 0.889. The van der Waals surface area contributed by atoms with E-state index < -0.39 is 0 Å². The zero-order valence-corrected chi connectivity index (χ0v) is 9.77. The second kappa shape index (κ2) is 7.43. The number of hydrogen-bond acceptors (Lipinski definition) is 3. The van der Waals surface area contributed by atoms with E-state index in [2.05, 4.69) is 33.8 Å². The van der Waals surface area contributed by atoms with Gasteiger partial charge < -0.3 is 10.6 Å². The first-order valence-corrected chi connectivity index (χ1v) is 5.75. The van der Waals surface area contributed by atoms with Crippen molar-refractivity contribution < 1.29 is 0 Å². The van der Waals surface area contributed by atoms with Crippen LogP contribution >= 0.6 is 0 Å². The minimum Gasteiger partial charge on any atom is -0.320 e. The maximum atomic E-state index is 4.24. The summed E-state index contributed by atoms with van der Waals surface area (Å²) in [5.41, 5.74) is 2.35. The Morgan fingerprint density at radius 3 is 3.00 bits per heavy atom. The van der Waals surface area contributed by atoms with E-state index >= 15 is 0 Å². The van der Waals surface area contributed by atoms with Crippen molar-refractivity contribution >= 4 is 0 Å². The second-order valence-electron chi connectivity index (χ2n) is 3.77. The van der Waals surface area contributed by atoms with E-state index in [0.29, 0.717) is 0 Å². The van der Waals surface area contributed by atoms with Crippen LogP contribution in [0.4, 0.5) is 0 Å². The largest absolute Gasteiger partial charge is 0.320 e. The van der Waals surface area contributed by atoms with Crippen molar-refractivity contribution in [2.45, 2.75) is 32.7 Å². The van der Waals surface area contributed by atoms with Crippen LogP contribution in [-0.4, -0.2) is 30.3 Å². The SMILES string of the molecule is CCCc1cc(CNCCCNC)[nH]n1. The lowest BCUT2D eigenvalue weighted by Crippen LogP contribution is -2.19. The maximum absolute atomic E-state index is 4.24. The van der Waals surface area contributed by atoms with Crippen LogP contribution in [0, 0.1) is 0 Å². The molecule has 0 bridgehead atoms. The predicted octanol–water partition coefficient (Wildman–Crippen LogP) is 1.06. The fourth-order valence-electron chi connectivity index (χ4n) is 1.50. The molecule has 0 fully saturated rings. The van der Waals surface area contributed by atoms with Crippen molar-refractivity contribution in [3.05, 3.63) is 17.5 Å². The standard InChI is InChI=1S/C11H22N4/c1-3-5-10-8-11(15-14-10)9-13-7-4-6-12-2/h8,12-13H,3-7,9H2,1-2H3,(H,14,15). The number of H-pyrrole nitrogens is 1. The van der Waals surface area contributed by atoms with E-state index in [4.69, 9.17) is 0 Å². The zero-order chi connectivity index (χ0) is 10.9. The van der Waals surface area contributed by atoms with Gasteiger partial charge in [0.15, 0.2) is 0 Å². The van der Waals surface area contributed by atoms with Crippen LogP contribution < -0.4 is 10.6 Å². The van der Waals surface area contributed by atoms with E-state index in [1.54, 1.807) is 0 Å². The van der Waals surface area contributed by atoms with Crippen molar-refractivity contribution in [3.8, 4) is 0 Å². The predicted molar refractivity (Wildman–Crippen MR) is 62.8 cm³/mol. The third kappa shape index (κ3) is 4.95. The van der Waals surface area contributed by atoms with Gasteiger partial charge in [-0.05, 0) is 39.0 Å². The van der Waals surface area contributed by atoms with Gasteiger partial charge in [0, 0.05) is 12.2 Å². The average molecular weight is 210 g/mol. The van der Waals surface area contributed by atoms with Gasteiger partial charge in [0.2, 0.25) is 0 Å². The van der Waals surface area contributed by atoms with Gasteiger partial charge in [0.05, 0.1) is 5.69 Å². The molecule has 0 spiro atoms. The van der Waals surface area contributed by atoms with Crippen molar-refractivity contribution in [1.29, 1.82) is 0 Å². The van der Waals surface area contributed by atoms with Gasteiger partial charge in [-0.15, -0.1) is 0 Å². The van der Waals surface area contributed by atoms with Crippen LogP contribution in [0.3, 0.4) is 0 Å². The molecule has 86 valence electrons. The highest BCUT2D eigenvalue weighted by atomic mass is 15.1. The first-order valence-electron chi connectivity index (χ1n) is 5.75. The summed E-state index contributed by atoms with van der Waals surface area (Å²) in [6, 6.07) is 2.15. The fourth-order valence-corrected chi connectivity index (χ4v) is 1.50. The molecule has 0 atom stereocenters. The smallest absolute Gasteiger partial charge is 0.0625 e. The Balaban J connectivity index is 2.14. The van der Waals surface area contributed by atoms with Crippen molar-refractivity contribution in [2.75, 3.05) is 20.1 Å². The summed E-state index contributed by atoms with van der Waals surface area (Å²) in [7, 11) is 1.98. The van der Waals surface area contributed by atoms with Gasteiger partial charge in [-0.2, -0.15) is 5.10 Å². The normalized spacial score (nSPS) is 10.8. The summed E-state index contributed by atoms with van der Waals surface area (Å²) in [5, 5.41) is 13.8. The summed E-state index contributed by atoms with van der Waals surface area (Å²) in [6.07, 6.45) is 3.38. The summed E-state index contributed by atoms with van der Waals surface area (Å²) in [5.74, 6) is 0. The molecule has 0 radical (unpaired) electrons. The molecule has 4 heteroatoms. The molecule has 0 aliphatic carbocycles. The molecule has 0 aromatic carbocycles. The van der Waals surface area contributed by atoms with Crippen LogP contribution in [0.2, 0.25) is 0 Å². The highest BCUT2D eigenvalue weighted by molar-refractivity contribution is 5.08. The average Bonchev–Trinajstić information content (AvgIpc) is 2.66. The molecule has 0 saturated heterocycles. The van der Waals surface area contributed by atoms with Gasteiger partial charge in [-0.25, -0.2) is 0 Å². The molecule has 1 heterocycles. The van der Waals surface area contributed by atoms with E-state index in [-0.39, 0.29) is 0 Å². The number of nitrogens with one attached hydrogen (secondary N) is 3. The molecular formula is C11H22N4. The first kappa shape index (κ1) is 12.2. The zero-order valence-electron chi connectivity index (χ0n) is 9.77. The van der Waals surface area contributed by atoms with Crippen LogP contribution in [0.15, 0.2) is 6.07 Å². The van der Waals surface area contributed by atoms with Gasteiger partial charge in [-0.3, -0.25) is 5.10 Å². The molecule has 0 unspecified atom stereocenters. The van der Waals surface area contributed by atoms with Crippen molar-refractivity contribution in [1.82, 2.24) is 20.8 Å². The summed E-state index contributed by atoms with van der Waals surface area (Å²) in [6.45, 7) is 5.17. The Bertz CT molecular complexity index is 257. The minimum absolute atomic E-state index is 0.889. The van der Waals surface area contributed by atoms with E-state index in [1.165, 1.54) is 11.4 Å².